The lowest BCUT2D eigenvalue weighted by Gasteiger charge is -2.08. The lowest BCUT2D eigenvalue weighted by Crippen LogP contribution is -1.92. The molecule has 0 N–H and O–H groups in total. The maximum atomic E-state index is 5.65. The summed E-state index contributed by atoms with van der Waals surface area (Å²) >= 11 is 0. The Labute approximate surface area is 107 Å². The summed E-state index contributed by atoms with van der Waals surface area (Å²) in [6.07, 6.45) is 1.85. The molecule has 0 unspecified atom stereocenters. The molecule has 0 aliphatic carbocycles. The molecule has 0 bridgehead atoms. The fourth-order valence-corrected chi connectivity index (χ4v) is 1.56. The molecule has 94 valence electrons. The average molecular weight is 243 g/mol. The zero-order valence-electron chi connectivity index (χ0n) is 10.9. The molecular formula is C15H17NO2. The van der Waals surface area contributed by atoms with Gasteiger partial charge in [-0.15, -0.1) is 0 Å². The monoisotopic (exact) mass is 243 g/mol. The summed E-state index contributed by atoms with van der Waals surface area (Å²) in [5, 5.41) is 0. The molecule has 18 heavy (non-hydrogen) atoms. The van der Waals surface area contributed by atoms with Crippen molar-refractivity contribution in [3.63, 3.8) is 0 Å². The fourth-order valence-electron chi connectivity index (χ4n) is 1.56. The Balaban J connectivity index is 2.08. The van der Waals surface area contributed by atoms with E-state index in [2.05, 4.69) is 18.8 Å². The topological polar surface area (TPSA) is 31.4 Å². The molecule has 0 aliphatic heterocycles. The Morgan fingerprint density at radius 3 is 2.11 bits per heavy atom. The van der Waals surface area contributed by atoms with Crippen LogP contribution in [0.2, 0.25) is 0 Å². The van der Waals surface area contributed by atoms with Crippen molar-refractivity contribution in [2.24, 2.45) is 0 Å². The minimum absolute atomic E-state index is 0.479. The average Bonchev–Trinajstić information content (AvgIpc) is 2.40. The van der Waals surface area contributed by atoms with Crippen LogP contribution in [0.25, 0.3) is 0 Å². The molecular weight excluding hydrogens is 226 g/mol. The smallest absolute Gasteiger partial charge is 0.219 e. The summed E-state index contributed by atoms with van der Waals surface area (Å²) in [6.45, 7) is 4.28. The molecule has 0 spiro atoms. The molecule has 2 rings (SSSR count). The van der Waals surface area contributed by atoms with E-state index in [0.29, 0.717) is 11.8 Å². The van der Waals surface area contributed by atoms with Gasteiger partial charge in [-0.25, -0.2) is 4.98 Å². The Morgan fingerprint density at radius 1 is 0.944 bits per heavy atom. The first kappa shape index (κ1) is 12.4. The molecule has 3 heteroatoms. The van der Waals surface area contributed by atoms with Gasteiger partial charge >= 0.3 is 0 Å². The lowest BCUT2D eigenvalue weighted by atomic mass is 10.1. The molecule has 3 nitrogen and oxygen atoms in total. The Morgan fingerprint density at radius 2 is 1.61 bits per heavy atom. The van der Waals surface area contributed by atoms with E-state index >= 15 is 0 Å². The quantitative estimate of drug-likeness (QED) is 0.813. The van der Waals surface area contributed by atoms with E-state index in [1.54, 1.807) is 7.11 Å². The van der Waals surface area contributed by atoms with Gasteiger partial charge in [-0.2, -0.15) is 0 Å². The van der Waals surface area contributed by atoms with Crippen LogP contribution in [0.15, 0.2) is 42.6 Å². The van der Waals surface area contributed by atoms with Gasteiger partial charge in [-0.3, -0.25) is 0 Å². The van der Waals surface area contributed by atoms with Crippen molar-refractivity contribution < 1.29 is 9.47 Å². The van der Waals surface area contributed by atoms with Gasteiger partial charge in [0.2, 0.25) is 5.88 Å². The zero-order chi connectivity index (χ0) is 13.0. The first-order valence-electron chi connectivity index (χ1n) is 5.97. The number of pyridine rings is 1. The molecule has 0 atom stereocenters. The largest absolute Gasteiger partial charge is 0.497 e. The van der Waals surface area contributed by atoms with Crippen molar-refractivity contribution in [2.45, 2.75) is 19.8 Å². The van der Waals surface area contributed by atoms with Gasteiger partial charge in [0.15, 0.2) is 0 Å². The number of hydrogen-bond acceptors (Lipinski definition) is 3. The second-order valence-corrected chi connectivity index (χ2v) is 4.36. The maximum absolute atomic E-state index is 5.65. The predicted molar refractivity (Wildman–Crippen MR) is 71.4 cm³/mol. The van der Waals surface area contributed by atoms with E-state index < -0.39 is 0 Å². The van der Waals surface area contributed by atoms with Crippen LogP contribution in [0.3, 0.4) is 0 Å². The molecule has 0 radical (unpaired) electrons. The third-order valence-electron chi connectivity index (χ3n) is 2.71. The Kier molecular flexibility index (Phi) is 3.82. The van der Waals surface area contributed by atoms with E-state index in [1.807, 2.05) is 42.6 Å². The van der Waals surface area contributed by atoms with Gasteiger partial charge in [0.1, 0.15) is 11.5 Å². The number of aromatic nitrogens is 1. The minimum Gasteiger partial charge on any atom is -0.497 e. The Hall–Kier alpha value is -2.03. The molecule has 1 heterocycles. The summed E-state index contributed by atoms with van der Waals surface area (Å²) in [4.78, 5) is 4.28. The highest BCUT2D eigenvalue weighted by Crippen LogP contribution is 2.23. The van der Waals surface area contributed by atoms with Crippen molar-refractivity contribution >= 4 is 0 Å². The number of benzene rings is 1. The SMILES string of the molecule is COc1ccc(Oc2ccc(C(C)C)cn2)cc1. The molecule has 0 amide bonds. The standard InChI is InChI=1S/C15H17NO2/c1-11(2)12-4-9-15(16-10-12)18-14-7-5-13(17-3)6-8-14/h4-11H,1-3H3. The summed E-state index contributed by atoms with van der Waals surface area (Å²) in [6, 6.07) is 11.4. The summed E-state index contributed by atoms with van der Waals surface area (Å²) in [5.74, 6) is 2.64. The molecule has 0 aliphatic rings. The fraction of sp³-hybridized carbons (Fsp3) is 0.267. The zero-order valence-corrected chi connectivity index (χ0v) is 10.9. The molecule has 1 aromatic carbocycles. The third kappa shape index (κ3) is 3.00. The highest BCUT2D eigenvalue weighted by Gasteiger charge is 2.02. The number of nitrogens with zero attached hydrogens (tertiary/aromatic N) is 1. The molecule has 1 aromatic heterocycles. The van der Waals surface area contributed by atoms with E-state index in [1.165, 1.54) is 5.56 Å². The minimum atomic E-state index is 0.479. The number of rotatable bonds is 4. The molecule has 0 saturated heterocycles. The van der Waals surface area contributed by atoms with Gasteiger partial charge in [0.25, 0.3) is 0 Å². The number of methoxy groups -OCH3 is 1. The second-order valence-electron chi connectivity index (χ2n) is 4.36. The van der Waals surface area contributed by atoms with Crippen molar-refractivity contribution in [3.05, 3.63) is 48.2 Å². The van der Waals surface area contributed by atoms with E-state index in [-0.39, 0.29) is 0 Å². The van der Waals surface area contributed by atoms with Crippen molar-refractivity contribution in [1.29, 1.82) is 0 Å². The summed E-state index contributed by atoms with van der Waals surface area (Å²) in [5.41, 5.74) is 1.21. The van der Waals surface area contributed by atoms with Crippen LogP contribution in [0.4, 0.5) is 0 Å². The number of hydrogen-bond donors (Lipinski definition) is 0. The van der Waals surface area contributed by atoms with E-state index in [9.17, 15) is 0 Å². The summed E-state index contributed by atoms with van der Waals surface area (Å²) in [7, 11) is 1.64. The first-order valence-corrected chi connectivity index (χ1v) is 5.97. The third-order valence-corrected chi connectivity index (χ3v) is 2.71. The normalized spacial score (nSPS) is 10.4. The van der Waals surface area contributed by atoms with E-state index in [4.69, 9.17) is 9.47 Å². The second kappa shape index (κ2) is 5.54. The van der Waals surface area contributed by atoms with Gasteiger partial charge in [-0.1, -0.05) is 19.9 Å². The van der Waals surface area contributed by atoms with Gasteiger partial charge in [0.05, 0.1) is 7.11 Å². The lowest BCUT2D eigenvalue weighted by molar-refractivity contribution is 0.412. The highest BCUT2D eigenvalue weighted by molar-refractivity contribution is 5.33. The Bertz CT molecular complexity index is 489. The van der Waals surface area contributed by atoms with Crippen LogP contribution in [-0.4, -0.2) is 12.1 Å². The summed E-state index contributed by atoms with van der Waals surface area (Å²) < 4.78 is 10.7. The van der Waals surface area contributed by atoms with Gasteiger partial charge in [0, 0.05) is 12.3 Å². The van der Waals surface area contributed by atoms with Crippen molar-refractivity contribution in [3.8, 4) is 17.4 Å². The predicted octanol–water partition coefficient (Wildman–Crippen LogP) is 4.01. The van der Waals surface area contributed by atoms with Crippen LogP contribution < -0.4 is 9.47 Å². The van der Waals surface area contributed by atoms with Crippen LogP contribution in [0, 0.1) is 0 Å². The highest BCUT2D eigenvalue weighted by atomic mass is 16.5. The van der Waals surface area contributed by atoms with Crippen LogP contribution in [-0.2, 0) is 0 Å². The van der Waals surface area contributed by atoms with Gasteiger partial charge < -0.3 is 9.47 Å². The van der Waals surface area contributed by atoms with Crippen LogP contribution in [0.5, 0.6) is 17.4 Å². The molecule has 2 aromatic rings. The van der Waals surface area contributed by atoms with Crippen LogP contribution in [0.1, 0.15) is 25.3 Å². The van der Waals surface area contributed by atoms with E-state index in [0.717, 1.165) is 11.5 Å². The first-order chi connectivity index (χ1) is 8.69. The number of ether oxygens (including phenoxy) is 2. The maximum Gasteiger partial charge on any atom is 0.219 e. The van der Waals surface area contributed by atoms with Crippen molar-refractivity contribution in [1.82, 2.24) is 4.98 Å². The van der Waals surface area contributed by atoms with Gasteiger partial charge in [-0.05, 0) is 35.7 Å². The molecule has 0 fully saturated rings. The molecule has 0 saturated carbocycles. The van der Waals surface area contributed by atoms with Crippen LogP contribution >= 0.6 is 0 Å². The van der Waals surface area contributed by atoms with Crippen molar-refractivity contribution in [2.75, 3.05) is 7.11 Å².